The van der Waals surface area contributed by atoms with Crippen LogP contribution >= 0.6 is 0 Å². The van der Waals surface area contributed by atoms with Gasteiger partial charge in [0, 0.05) is 25.9 Å². The summed E-state index contributed by atoms with van der Waals surface area (Å²) in [5.74, 6) is 1.09. The highest BCUT2D eigenvalue weighted by Gasteiger charge is 2.17. The van der Waals surface area contributed by atoms with E-state index in [1.165, 1.54) is 6.33 Å². The van der Waals surface area contributed by atoms with E-state index in [1.54, 1.807) is 4.68 Å². The Morgan fingerprint density at radius 3 is 3.00 bits per heavy atom. The molecule has 18 heavy (non-hydrogen) atoms. The summed E-state index contributed by atoms with van der Waals surface area (Å²) >= 11 is 0. The molecule has 0 atom stereocenters. The van der Waals surface area contributed by atoms with Gasteiger partial charge in [-0.2, -0.15) is 5.10 Å². The van der Waals surface area contributed by atoms with Crippen LogP contribution in [-0.4, -0.2) is 50.4 Å². The van der Waals surface area contributed by atoms with Crippen LogP contribution in [0.4, 0.5) is 0 Å². The number of amides is 1. The lowest BCUT2D eigenvalue weighted by atomic mass is 10.2. The Morgan fingerprint density at radius 2 is 2.17 bits per heavy atom. The van der Waals surface area contributed by atoms with Gasteiger partial charge in [-0.15, -0.1) is 0 Å². The third kappa shape index (κ3) is 3.29. The van der Waals surface area contributed by atoms with Gasteiger partial charge >= 0.3 is 0 Å². The molecule has 0 aliphatic carbocycles. The van der Waals surface area contributed by atoms with Gasteiger partial charge in [-0.3, -0.25) is 4.79 Å². The first kappa shape index (κ1) is 13.0. The molecule has 2 rings (SSSR count). The summed E-state index contributed by atoms with van der Waals surface area (Å²) in [6.45, 7) is 2.07. The van der Waals surface area contributed by atoms with Gasteiger partial charge < -0.3 is 10.0 Å². The molecular formula is C12H20N4O2. The van der Waals surface area contributed by atoms with E-state index in [1.807, 2.05) is 4.90 Å². The number of carbonyl (C=O) groups excluding carboxylic acids is 1. The van der Waals surface area contributed by atoms with Crippen molar-refractivity contribution in [2.75, 3.05) is 19.7 Å². The molecule has 0 unspecified atom stereocenters. The van der Waals surface area contributed by atoms with Gasteiger partial charge in [0.1, 0.15) is 12.2 Å². The zero-order valence-corrected chi connectivity index (χ0v) is 10.6. The molecule has 1 aliphatic rings. The predicted octanol–water partition coefficient (Wildman–Crippen LogP) is 0.215. The third-order valence-corrected chi connectivity index (χ3v) is 3.28. The predicted molar refractivity (Wildman–Crippen MR) is 65.9 cm³/mol. The maximum atomic E-state index is 11.8. The van der Waals surface area contributed by atoms with Crippen LogP contribution in [0.1, 0.15) is 31.5 Å². The molecule has 1 aromatic rings. The van der Waals surface area contributed by atoms with Crippen molar-refractivity contribution >= 4 is 5.91 Å². The second kappa shape index (κ2) is 6.49. The quantitative estimate of drug-likeness (QED) is 0.813. The minimum atomic E-state index is 0.0546. The maximum Gasteiger partial charge on any atom is 0.222 e. The van der Waals surface area contributed by atoms with Gasteiger partial charge in [-0.1, -0.05) is 6.42 Å². The Morgan fingerprint density at radius 1 is 1.28 bits per heavy atom. The molecule has 0 bridgehead atoms. The smallest absolute Gasteiger partial charge is 0.222 e. The van der Waals surface area contributed by atoms with E-state index in [0.717, 1.165) is 31.6 Å². The van der Waals surface area contributed by atoms with Crippen molar-refractivity contribution in [1.82, 2.24) is 19.7 Å². The highest BCUT2D eigenvalue weighted by Crippen LogP contribution is 2.11. The molecule has 0 aromatic carbocycles. The maximum absolute atomic E-state index is 11.8. The number of aromatic nitrogens is 3. The Kier molecular flexibility index (Phi) is 4.69. The Hall–Kier alpha value is -1.43. The zero-order chi connectivity index (χ0) is 12.8. The second-order valence-corrected chi connectivity index (χ2v) is 4.56. The molecule has 100 valence electrons. The summed E-state index contributed by atoms with van der Waals surface area (Å²) in [6.07, 6.45) is 6.11. The van der Waals surface area contributed by atoms with Crippen molar-refractivity contribution in [1.29, 1.82) is 0 Å². The first-order chi connectivity index (χ1) is 8.81. The van der Waals surface area contributed by atoms with Crippen molar-refractivity contribution in [3.63, 3.8) is 0 Å². The lowest BCUT2D eigenvalue weighted by molar-refractivity contribution is -0.130. The van der Waals surface area contributed by atoms with Crippen LogP contribution in [0.15, 0.2) is 6.33 Å². The van der Waals surface area contributed by atoms with Gasteiger partial charge in [0.2, 0.25) is 5.91 Å². The number of hydrogen-bond donors (Lipinski definition) is 1. The summed E-state index contributed by atoms with van der Waals surface area (Å²) in [5, 5.41) is 13.0. The molecule has 0 saturated carbocycles. The lowest BCUT2D eigenvalue weighted by Crippen LogP contribution is -2.32. The van der Waals surface area contributed by atoms with E-state index in [9.17, 15) is 4.79 Å². The normalized spacial score (nSPS) is 16.9. The number of aliphatic hydroxyl groups excluding tert-OH is 1. The van der Waals surface area contributed by atoms with Crippen LogP contribution in [-0.2, 0) is 17.8 Å². The molecule has 6 nitrogen and oxygen atoms in total. The van der Waals surface area contributed by atoms with E-state index >= 15 is 0 Å². The highest BCUT2D eigenvalue weighted by atomic mass is 16.3. The van der Waals surface area contributed by atoms with E-state index in [2.05, 4.69) is 10.1 Å². The van der Waals surface area contributed by atoms with Crippen LogP contribution in [0.2, 0.25) is 0 Å². The Bertz CT molecular complexity index is 391. The topological polar surface area (TPSA) is 71.2 Å². The monoisotopic (exact) mass is 252 g/mol. The molecule has 2 heterocycles. The van der Waals surface area contributed by atoms with Crippen molar-refractivity contribution in [2.45, 2.75) is 38.6 Å². The van der Waals surface area contributed by atoms with E-state index in [0.29, 0.717) is 25.9 Å². The molecule has 1 amide bonds. The van der Waals surface area contributed by atoms with Crippen LogP contribution in [0.5, 0.6) is 0 Å². The van der Waals surface area contributed by atoms with E-state index < -0.39 is 0 Å². The van der Waals surface area contributed by atoms with Crippen LogP contribution < -0.4 is 0 Å². The largest absolute Gasteiger partial charge is 0.394 e. The summed E-state index contributed by atoms with van der Waals surface area (Å²) in [5.41, 5.74) is 0. The van der Waals surface area contributed by atoms with Gasteiger partial charge in [-0.25, -0.2) is 9.67 Å². The van der Waals surface area contributed by atoms with E-state index in [-0.39, 0.29) is 12.5 Å². The Balaban J connectivity index is 1.89. The van der Waals surface area contributed by atoms with Crippen molar-refractivity contribution < 1.29 is 9.90 Å². The number of nitrogens with zero attached hydrogens (tertiary/aromatic N) is 4. The highest BCUT2D eigenvalue weighted by molar-refractivity contribution is 5.76. The second-order valence-electron chi connectivity index (χ2n) is 4.56. The number of carbonyl (C=O) groups is 1. The molecule has 1 aromatic heterocycles. The molecule has 1 fully saturated rings. The SMILES string of the molecule is O=C1CCCCCN1CCc1ncnn1CCO. The van der Waals surface area contributed by atoms with Crippen molar-refractivity contribution in [2.24, 2.45) is 0 Å². The molecule has 1 aliphatic heterocycles. The van der Waals surface area contributed by atoms with Crippen molar-refractivity contribution in [3.8, 4) is 0 Å². The summed E-state index contributed by atoms with van der Waals surface area (Å²) in [6, 6.07) is 0. The average Bonchev–Trinajstić information content (AvgIpc) is 2.70. The van der Waals surface area contributed by atoms with Gasteiger partial charge in [0.05, 0.1) is 13.2 Å². The van der Waals surface area contributed by atoms with Gasteiger partial charge in [-0.05, 0) is 12.8 Å². The fourth-order valence-corrected chi connectivity index (χ4v) is 2.27. The fourth-order valence-electron chi connectivity index (χ4n) is 2.27. The number of likely N-dealkylation sites (tertiary alicyclic amines) is 1. The van der Waals surface area contributed by atoms with Crippen molar-refractivity contribution in [3.05, 3.63) is 12.2 Å². The minimum absolute atomic E-state index is 0.0546. The molecule has 6 heteroatoms. The minimum Gasteiger partial charge on any atom is -0.394 e. The first-order valence-electron chi connectivity index (χ1n) is 6.56. The zero-order valence-electron chi connectivity index (χ0n) is 10.6. The molecule has 0 radical (unpaired) electrons. The third-order valence-electron chi connectivity index (χ3n) is 3.28. The molecule has 1 N–H and O–H groups in total. The number of aliphatic hydroxyl groups is 1. The summed E-state index contributed by atoms with van der Waals surface area (Å²) in [7, 11) is 0. The molecule has 1 saturated heterocycles. The summed E-state index contributed by atoms with van der Waals surface area (Å²) in [4.78, 5) is 17.9. The lowest BCUT2D eigenvalue weighted by Gasteiger charge is -2.20. The molecule has 0 spiro atoms. The first-order valence-corrected chi connectivity index (χ1v) is 6.56. The van der Waals surface area contributed by atoms with Gasteiger partial charge in [0.25, 0.3) is 0 Å². The molecular weight excluding hydrogens is 232 g/mol. The summed E-state index contributed by atoms with van der Waals surface area (Å²) < 4.78 is 1.70. The van der Waals surface area contributed by atoms with E-state index in [4.69, 9.17) is 5.11 Å². The fraction of sp³-hybridized carbons (Fsp3) is 0.750. The van der Waals surface area contributed by atoms with Crippen LogP contribution in [0.25, 0.3) is 0 Å². The number of rotatable bonds is 5. The average molecular weight is 252 g/mol. The Labute approximate surface area is 107 Å². The van der Waals surface area contributed by atoms with Crippen LogP contribution in [0.3, 0.4) is 0 Å². The number of hydrogen-bond acceptors (Lipinski definition) is 4. The standard InChI is InChI=1S/C12H20N4O2/c17-9-8-16-11(13-10-14-16)5-7-15-6-3-1-2-4-12(15)18/h10,17H,1-9H2. The van der Waals surface area contributed by atoms with Gasteiger partial charge in [0.15, 0.2) is 0 Å². The van der Waals surface area contributed by atoms with Crippen LogP contribution in [0, 0.1) is 0 Å².